The number of ether oxygens (including phenoxy) is 1. The second-order valence-corrected chi connectivity index (χ2v) is 4.65. The predicted molar refractivity (Wildman–Crippen MR) is 72.2 cm³/mol. The Morgan fingerprint density at radius 2 is 2.18 bits per heavy atom. The molecule has 0 aromatic carbocycles. The minimum Gasteiger partial charge on any atom is -0.396 e. The van der Waals surface area contributed by atoms with Gasteiger partial charge in [0, 0.05) is 26.4 Å². The van der Waals surface area contributed by atoms with Gasteiger partial charge in [-0.15, -0.1) is 0 Å². The van der Waals surface area contributed by atoms with Gasteiger partial charge in [-0.2, -0.15) is 0 Å². The van der Waals surface area contributed by atoms with Gasteiger partial charge in [0.05, 0.1) is 24.2 Å². The van der Waals surface area contributed by atoms with E-state index in [9.17, 15) is 0 Å². The van der Waals surface area contributed by atoms with Crippen LogP contribution in [0.5, 0.6) is 0 Å². The molecule has 1 heterocycles. The average Bonchev–Trinajstić information content (AvgIpc) is 2.28. The van der Waals surface area contributed by atoms with Crippen LogP contribution in [0.15, 0.2) is 18.5 Å². The van der Waals surface area contributed by atoms with Gasteiger partial charge in [-0.1, -0.05) is 13.8 Å². The molecule has 0 bridgehead atoms. The second kappa shape index (κ2) is 7.12. The van der Waals surface area contributed by atoms with Crippen molar-refractivity contribution in [3.63, 3.8) is 0 Å². The van der Waals surface area contributed by atoms with Gasteiger partial charge in [0.1, 0.15) is 0 Å². The van der Waals surface area contributed by atoms with Gasteiger partial charge >= 0.3 is 0 Å². The fourth-order valence-electron chi connectivity index (χ4n) is 1.49. The Morgan fingerprint density at radius 3 is 2.82 bits per heavy atom. The van der Waals surface area contributed by atoms with E-state index in [1.807, 2.05) is 13.1 Å². The first-order chi connectivity index (χ1) is 8.11. The van der Waals surface area contributed by atoms with Crippen LogP contribution < -0.4 is 10.6 Å². The third kappa shape index (κ3) is 5.04. The topological polar surface area (TPSA) is 51.4 Å². The quantitative estimate of drug-likeness (QED) is 0.738. The van der Waals surface area contributed by atoms with Crippen molar-refractivity contribution in [3.8, 4) is 0 Å². The van der Waals surface area contributed by atoms with Crippen molar-refractivity contribution < 1.29 is 4.74 Å². The first-order valence-electron chi connectivity index (χ1n) is 6.09. The van der Waals surface area contributed by atoms with Crippen LogP contribution in [0, 0.1) is 5.92 Å². The van der Waals surface area contributed by atoms with Crippen molar-refractivity contribution in [1.29, 1.82) is 0 Å². The van der Waals surface area contributed by atoms with Gasteiger partial charge < -0.3 is 15.4 Å². The molecule has 0 aliphatic heterocycles. The van der Waals surface area contributed by atoms with Crippen LogP contribution in [0.1, 0.15) is 20.3 Å². The highest BCUT2D eigenvalue weighted by atomic mass is 16.5. The Bertz CT molecular complexity index is 328. The first kappa shape index (κ1) is 13.8. The third-order valence-electron chi connectivity index (χ3n) is 2.65. The number of rotatable bonds is 7. The van der Waals surface area contributed by atoms with E-state index in [1.54, 1.807) is 12.4 Å². The SMILES string of the molecule is CC(C)CCOCCN(C)c1ccncc1N. The van der Waals surface area contributed by atoms with E-state index in [1.165, 1.54) is 0 Å². The van der Waals surface area contributed by atoms with Crippen molar-refractivity contribution in [2.75, 3.05) is 37.4 Å². The molecular weight excluding hydrogens is 214 g/mol. The molecule has 0 unspecified atom stereocenters. The number of nitrogens with zero attached hydrogens (tertiary/aromatic N) is 2. The van der Waals surface area contributed by atoms with E-state index in [2.05, 4.69) is 23.7 Å². The molecule has 2 N–H and O–H groups in total. The number of nitrogens with two attached hydrogens (primary N) is 1. The van der Waals surface area contributed by atoms with Gasteiger partial charge in [0.15, 0.2) is 0 Å². The van der Waals surface area contributed by atoms with Crippen LogP contribution in [0.25, 0.3) is 0 Å². The Labute approximate surface area is 104 Å². The fraction of sp³-hybridized carbons (Fsp3) is 0.615. The lowest BCUT2D eigenvalue weighted by molar-refractivity contribution is 0.130. The average molecular weight is 237 g/mol. The molecule has 0 saturated heterocycles. The Kier molecular flexibility index (Phi) is 5.77. The van der Waals surface area contributed by atoms with E-state index >= 15 is 0 Å². The lowest BCUT2D eigenvalue weighted by atomic mass is 10.1. The zero-order valence-electron chi connectivity index (χ0n) is 11.0. The summed E-state index contributed by atoms with van der Waals surface area (Å²) in [6.07, 6.45) is 4.54. The zero-order valence-corrected chi connectivity index (χ0v) is 11.0. The molecule has 0 aliphatic carbocycles. The summed E-state index contributed by atoms with van der Waals surface area (Å²) in [5, 5.41) is 0. The number of aromatic nitrogens is 1. The highest BCUT2D eigenvalue weighted by Crippen LogP contribution is 2.19. The minimum absolute atomic E-state index is 0.698. The number of pyridine rings is 1. The third-order valence-corrected chi connectivity index (χ3v) is 2.65. The maximum atomic E-state index is 5.85. The predicted octanol–water partition coefficient (Wildman–Crippen LogP) is 2.16. The van der Waals surface area contributed by atoms with Gasteiger partial charge in [-0.3, -0.25) is 4.98 Å². The molecule has 1 aromatic heterocycles. The molecule has 1 rings (SSSR count). The number of anilines is 2. The monoisotopic (exact) mass is 237 g/mol. The minimum atomic E-state index is 0.698. The summed E-state index contributed by atoms with van der Waals surface area (Å²) in [4.78, 5) is 6.06. The van der Waals surface area contributed by atoms with E-state index in [4.69, 9.17) is 10.5 Å². The summed E-state index contributed by atoms with van der Waals surface area (Å²) in [7, 11) is 2.01. The second-order valence-electron chi connectivity index (χ2n) is 4.65. The molecule has 4 nitrogen and oxygen atoms in total. The molecule has 0 aliphatic rings. The zero-order chi connectivity index (χ0) is 12.7. The highest BCUT2D eigenvalue weighted by molar-refractivity contribution is 5.65. The molecule has 0 fully saturated rings. The van der Waals surface area contributed by atoms with Gasteiger partial charge in [0.25, 0.3) is 0 Å². The Hall–Kier alpha value is -1.29. The molecular formula is C13H23N3O. The molecule has 0 radical (unpaired) electrons. The molecule has 96 valence electrons. The summed E-state index contributed by atoms with van der Waals surface area (Å²) >= 11 is 0. The number of hydrogen-bond acceptors (Lipinski definition) is 4. The lowest BCUT2D eigenvalue weighted by Crippen LogP contribution is -2.23. The normalized spacial score (nSPS) is 10.8. The van der Waals surface area contributed by atoms with Crippen LogP contribution in [0.4, 0.5) is 11.4 Å². The van der Waals surface area contributed by atoms with Crippen LogP contribution in [0.2, 0.25) is 0 Å². The van der Waals surface area contributed by atoms with Crippen molar-refractivity contribution in [2.45, 2.75) is 20.3 Å². The van der Waals surface area contributed by atoms with Crippen molar-refractivity contribution in [3.05, 3.63) is 18.5 Å². The Morgan fingerprint density at radius 1 is 1.41 bits per heavy atom. The molecule has 1 aromatic rings. The summed E-state index contributed by atoms with van der Waals surface area (Å²) in [6.45, 7) is 6.80. The van der Waals surface area contributed by atoms with Crippen molar-refractivity contribution >= 4 is 11.4 Å². The first-order valence-corrected chi connectivity index (χ1v) is 6.09. The van der Waals surface area contributed by atoms with E-state index in [0.717, 1.165) is 31.9 Å². The van der Waals surface area contributed by atoms with Gasteiger partial charge in [-0.25, -0.2) is 0 Å². The molecule has 17 heavy (non-hydrogen) atoms. The molecule has 0 spiro atoms. The van der Waals surface area contributed by atoms with Crippen molar-refractivity contribution in [1.82, 2.24) is 4.98 Å². The smallest absolute Gasteiger partial charge is 0.0738 e. The Balaban J connectivity index is 2.26. The lowest BCUT2D eigenvalue weighted by Gasteiger charge is -2.20. The standard InChI is InChI=1S/C13H23N3O/c1-11(2)5-8-17-9-7-16(3)13-4-6-15-10-12(13)14/h4,6,10-11H,5,7-9,14H2,1-3H3. The number of nitrogen functional groups attached to an aromatic ring is 1. The highest BCUT2D eigenvalue weighted by Gasteiger charge is 2.04. The number of hydrogen-bond donors (Lipinski definition) is 1. The maximum Gasteiger partial charge on any atom is 0.0738 e. The maximum absolute atomic E-state index is 5.85. The molecule has 0 saturated carbocycles. The fourth-order valence-corrected chi connectivity index (χ4v) is 1.49. The van der Waals surface area contributed by atoms with Crippen LogP contribution in [-0.4, -0.2) is 31.8 Å². The van der Waals surface area contributed by atoms with Crippen LogP contribution in [-0.2, 0) is 4.74 Å². The van der Waals surface area contributed by atoms with E-state index in [-0.39, 0.29) is 0 Å². The number of likely N-dealkylation sites (N-methyl/N-ethyl adjacent to an activating group) is 1. The molecule has 0 atom stereocenters. The van der Waals surface area contributed by atoms with Crippen LogP contribution in [0.3, 0.4) is 0 Å². The largest absolute Gasteiger partial charge is 0.396 e. The summed E-state index contributed by atoms with van der Waals surface area (Å²) < 4.78 is 5.58. The molecule has 4 heteroatoms. The van der Waals surface area contributed by atoms with Gasteiger partial charge in [0.2, 0.25) is 0 Å². The van der Waals surface area contributed by atoms with E-state index < -0.39 is 0 Å². The summed E-state index contributed by atoms with van der Waals surface area (Å²) in [6, 6.07) is 1.92. The van der Waals surface area contributed by atoms with Gasteiger partial charge in [-0.05, 0) is 18.4 Å². The van der Waals surface area contributed by atoms with Crippen molar-refractivity contribution in [2.24, 2.45) is 5.92 Å². The van der Waals surface area contributed by atoms with E-state index in [0.29, 0.717) is 11.6 Å². The van der Waals surface area contributed by atoms with Crippen LogP contribution >= 0.6 is 0 Å². The summed E-state index contributed by atoms with van der Waals surface area (Å²) in [5.41, 5.74) is 7.56. The molecule has 0 amide bonds. The summed E-state index contributed by atoms with van der Waals surface area (Å²) in [5.74, 6) is 0.698.